The highest BCUT2D eigenvalue weighted by molar-refractivity contribution is 14.0. The number of nitrogens with zero attached hydrogens (tertiary/aromatic N) is 2. The van der Waals surface area contributed by atoms with Crippen LogP contribution in [-0.4, -0.2) is 50.3 Å². The molecule has 2 N–H and O–H groups in total. The van der Waals surface area contributed by atoms with Gasteiger partial charge in [0.15, 0.2) is 17.5 Å². The van der Waals surface area contributed by atoms with E-state index in [4.69, 9.17) is 9.47 Å². The number of nitrogens with one attached hydrogen (secondary N) is 1. The maximum Gasteiger partial charge on any atom is 0.194 e. The first-order chi connectivity index (χ1) is 13.9. The number of rotatable bonds is 8. The minimum Gasteiger partial charge on any atom is -0.493 e. The van der Waals surface area contributed by atoms with Crippen molar-refractivity contribution >= 4 is 29.9 Å². The highest BCUT2D eigenvalue weighted by Crippen LogP contribution is 2.30. The van der Waals surface area contributed by atoms with Gasteiger partial charge in [-0.1, -0.05) is 12.1 Å². The molecule has 2 aromatic carbocycles. The van der Waals surface area contributed by atoms with Gasteiger partial charge in [-0.2, -0.15) is 0 Å². The minimum atomic E-state index is -0.805. The molecule has 0 saturated carbocycles. The van der Waals surface area contributed by atoms with Crippen molar-refractivity contribution in [3.05, 3.63) is 58.9 Å². The number of methoxy groups -OCH3 is 2. The molecule has 0 bridgehead atoms. The second kappa shape index (κ2) is 12.6. The van der Waals surface area contributed by atoms with E-state index in [2.05, 4.69) is 10.3 Å². The molecule has 6 nitrogen and oxygen atoms in total. The van der Waals surface area contributed by atoms with E-state index < -0.39 is 6.10 Å². The van der Waals surface area contributed by atoms with Gasteiger partial charge in [-0.25, -0.2) is 4.39 Å². The average molecular weight is 531 g/mol. The standard InChI is InChI=1S/C22H30FN3O3.HI/c1-6-24-22(25-13-19(27)16-7-9-18(23)10-8-16)26(3)14-17-12-21(29-5)20(28-4)11-15(17)2;/h7-12,19,27H,6,13-14H2,1-5H3,(H,24,25);1H. The van der Waals surface area contributed by atoms with E-state index in [1.54, 1.807) is 26.4 Å². The van der Waals surface area contributed by atoms with Gasteiger partial charge in [0, 0.05) is 20.1 Å². The number of benzene rings is 2. The van der Waals surface area contributed by atoms with Crippen LogP contribution in [0.15, 0.2) is 41.4 Å². The van der Waals surface area contributed by atoms with Crippen molar-refractivity contribution in [2.24, 2.45) is 4.99 Å². The summed E-state index contributed by atoms with van der Waals surface area (Å²) in [5.41, 5.74) is 2.79. The maximum atomic E-state index is 13.1. The summed E-state index contributed by atoms with van der Waals surface area (Å²) < 4.78 is 23.8. The molecule has 8 heteroatoms. The van der Waals surface area contributed by atoms with Gasteiger partial charge in [0.1, 0.15) is 5.82 Å². The van der Waals surface area contributed by atoms with Crippen molar-refractivity contribution in [1.29, 1.82) is 0 Å². The minimum absolute atomic E-state index is 0. The van der Waals surface area contributed by atoms with Crippen LogP contribution in [0.2, 0.25) is 0 Å². The average Bonchev–Trinajstić information content (AvgIpc) is 2.72. The first kappa shape index (κ1) is 26.0. The number of hydrogen-bond acceptors (Lipinski definition) is 4. The number of aliphatic hydroxyl groups is 1. The fourth-order valence-electron chi connectivity index (χ4n) is 2.96. The highest BCUT2D eigenvalue weighted by Gasteiger charge is 2.14. The number of aryl methyl sites for hydroxylation is 1. The van der Waals surface area contributed by atoms with E-state index in [1.165, 1.54) is 12.1 Å². The Bertz CT molecular complexity index is 831. The number of hydrogen-bond donors (Lipinski definition) is 2. The monoisotopic (exact) mass is 531 g/mol. The normalized spacial score (nSPS) is 12.0. The van der Waals surface area contributed by atoms with Crippen molar-refractivity contribution in [3.63, 3.8) is 0 Å². The Hall–Kier alpha value is -2.07. The van der Waals surface area contributed by atoms with Gasteiger partial charge in [-0.05, 0) is 54.8 Å². The summed E-state index contributed by atoms with van der Waals surface area (Å²) in [6.07, 6.45) is -0.805. The Balaban J connectivity index is 0.00000450. The summed E-state index contributed by atoms with van der Waals surface area (Å²) in [6, 6.07) is 9.71. The van der Waals surface area contributed by atoms with E-state index in [0.29, 0.717) is 36.1 Å². The van der Waals surface area contributed by atoms with Crippen LogP contribution in [0.3, 0.4) is 0 Å². The first-order valence-electron chi connectivity index (χ1n) is 9.54. The zero-order chi connectivity index (χ0) is 21.4. The predicted molar refractivity (Wildman–Crippen MR) is 129 cm³/mol. The lowest BCUT2D eigenvalue weighted by Crippen LogP contribution is -2.39. The molecule has 0 aliphatic heterocycles. The first-order valence-corrected chi connectivity index (χ1v) is 9.54. The molecule has 0 aromatic heterocycles. The third-order valence-corrected chi connectivity index (χ3v) is 4.61. The van der Waals surface area contributed by atoms with E-state index >= 15 is 0 Å². The van der Waals surface area contributed by atoms with Gasteiger partial charge in [0.2, 0.25) is 0 Å². The van der Waals surface area contributed by atoms with Crippen LogP contribution >= 0.6 is 24.0 Å². The van der Waals surface area contributed by atoms with Crippen LogP contribution in [0, 0.1) is 12.7 Å². The predicted octanol–water partition coefficient (Wildman–Crippen LogP) is 3.90. The molecule has 0 aliphatic rings. The smallest absolute Gasteiger partial charge is 0.194 e. The third-order valence-electron chi connectivity index (χ3n) is 4.61. The molecule has 0 radical (unpaired) electrons. The lowest BCUT2D eigenvalue weighted by molar-refractivity contribution is 0.186. The van der Waals surface area contributed by atoms with Crippen molar-refractivity contribution in [2.75, 3.05) is 34.4 Å². The van der Waals surface area contributed by atoms with Crippen LogP contribution in [0.1, 0.15) is 29.7 Å². The quantitative estimate of drug-likeness (QED) is 0.308. The van der Waals surface area contributed by atoms with Crippen LogP contribution in [0.4, 0.5) is 4.39 Å². The summed E-state index contributed by atoms with van der Waals surface area (Å²) in [5, 5.41) is 13.6. The number of ether oxygens (including phenoxy) is 2. The van der Waals surface area contributed by atoms with E-state index in [0.717, 1.165) is 11.1 Å². The Labute approximate surface area is 195 Å². The molecule has 30 heavy (non-hydrogen) atoms. The molecule has 1 atom stereocenters. The zero-order valence-electron chi connectivity index (χ0n) is 18.1. The Kier molecular flexibility index (Phi) is 10.9. The number of aliphatic hydroxyl groups excluding tert-OH is 1. The van der Waals surface area contributed by atoms with E-state index in [1.807, 2.05) is 37.9 Å². The second-order valence-corrected chi connectivity index (χ2v) is 6.75. The number of aliphatic imine (C=N–C) groups is 1. The fourth-order valence-corrected chi connectivity index (χ4v) is 2.96. The third kappa shape index (κ3) is 7.02. The SMILES string of the molecule is CCNC(=NCC(O)c1ccc(F)cc1)N(C)Cc1cc(OC)c(OC)cc1C.I. The molecule has 0 amide bonds. The van der Waals surface area contributed by atoms with Gasteiger partial charge in [0.25, 0.3) is 0 Å². The van der Waals surface area contributed by atoms with Gasteiger partial charge < -0.3 is 24.8 Å². The van der Waals surface area contributed by atoms with E-state index in [-0.39, 0.29) is 36.3 Å². The molecule has 166 valence electrons. The molecule has 2 aromatic rings. The van der Waals surface area contributed by atoms with Crippen LogP contribution in [0.25, 0.3) is 0 Å². The fraction of sp³-hybridized carbons (Fsp3) is 0.409. The van der Waals surface area contributed by atoms with Gasteiger partial charge in [-0.15, -0.1) is 24.0 Å². The number of halogens is 2. The Morgan fingerprint density at radius 2 is 1.77 bits per heavy atom. The highest BCUT2D eigenvalue weighted by atomic mass is 127. The zero-order valence-corrected chi connectivity index (χ0v) is 20.4. The maximum absolute atomic E-state index is 13.1. The lowest BCUT2D eigenvalue weighted by Gasteiger charge is -2.24. The lowest BCUT2D eigenvalue weighted by atomic mass is 10.1. The van der Waals surface area contributed by atoms with Crippen molar-refractivity contribution < 1.29 is 19.0 Å². The van der Waals surface area contributed by atoms with Gasteiger partial charge in [0.05, 0.1) is 26.9 Å². The van der Waals surface area contributed by atoms with Crippen molar-refractivity contribution in [3.8, 4) is 11.5 Å². The molecule has 0 aliphatic carbocycles. The van der Waals surface area contributed by atoms with Crippen LogP contribution < -0.4 is 14.8 Å². The summed E-state index contributed by atoms with van der Waals surface area (Å²) in [4.78, 5) is 6.53. The molecule has 0 saturated heterocycles. The Morgan fingerprint density at radius 1 is 1.17 bits per heavy atom. The number of guanidine groups is 1. The second-order valence-electron chi connectivity index (χ2n) is 6.75. The van der Waals surface area contributed by atoms with Crippen LogP contribution in [-0.2, 0) is 6.54 Å². The molecular formula is C22H31FIN3O3. The summed E-state index contributed by atoms with van der Waals surface area (Å²) in [7, 11) is 5.16. The molecule has 0 spiro atoms. The summed E-state index contributed by atoms with van der Waals surface area (Å²) in [6.45, 7) is 5.48. The van der Waals surface area contributed by atoms with Crippen molar-refractivity contribution in [2.45, 2.75) is 26.5 Å². The molecule has 1 unspecified atom stereocenters. The van der Waals surface area contributed by atoms with Crippen molar-refractivity contribution in [1.82, 2.24) is 10.2 Å². The summed E-state index contributed by atoms with van der Waals surface area (Å²) >= 11 is 0. The molecule has 0 fully saturated rings. The van der Waals surface area contributed by atoms with Gasteiger partial charge >= 0.3 is 0 Å². The van der Waals surface area contributed by atoms with Crippen LogP contribution in [0.5, 0.6) is 11.5 Å². The summed E-state index contributed by atoms with van der Waals surface area (Å²) in [5.74, 6) is 1.71. The Morgan fingerprint density at radius 3 is 2.33 bits per heavy atom. The molecule has 2 rings (SSSR count). The van der Waals surface area contributed by atoms with E-state index in [9.17, 15) is 9.50 Å². The molecule has 0 heterocycles. The topological polar surface area (TPSA) is 66.3 Å². The largest absolute Gasteiger partial charge is 0.493 e. The molecular weight excluding hydrogens is 500 g/mol. The van der Waals surface area contributed by atoms with Gasteiger partial charge in [-0.3, -0.25) is 4.99 Å².